The summed E-state index contributed by atoms with van der Waals surface area (Å²) in [5, 5.41) is 17.0. The maximum absolute atomic E-state index is 13.6. The molecule has 2 amide bonds. The molecule has 194 valence electrons. The van der Waals surface area contributed by atoms with Crippen LogP contribution < -0.4 is 15.4 Å². The Morgan fingerprint density at radius 2 is 1.78 bits per heavy atom. The van der Waals surface area contributed by atoms with Crippen LogP contribution in [0.15, 0.2) is 42.5 Å². The van der Waals surface area contributed by atoms with E-state index in [9.17, 15) is 19.1 Å². The molecular weight excluding hydrogens is 483 g/mol. The molecule has 36 heavy (non-hydrogen) atoms. The lowest BCUT2D eigenvalue weighted by Crippen LogP contribution is -2.65. The number of halogens is 2. The summed E-state index contributed by atoms with van der Waals surface area (Å²) >= 11 is 5.67. The molecule has 3 fully saturated rings. The summed E-state index contributed by atoms with van der Waals surface area (Å²) in [6.07, 6.45) is 1.63. The van der Waals surface area contributed by atoms with E-state index in [1.165, 1.54) is 17.7 Å². The molecule has 0 aliphatic heterocycles. The molecule has 5 rings (SSSR count). The quantitative estimate of drug-likeness (QED) is 0.500. The molecule has 0 heterocycles. The summed E-state index contributed by atoms with van der Waals surface area (Å²) in [5.41, 5.74) is 0.897. The van der Waals surface area contributed by atoms with E-state index < -0.39 is 22.9 Å². The van der Waals surface area contributed by atoms with E-state index >= 15 is 0 Å². The first-order valence-electron chi connectivity index (χ1n) is 12.4. The van der Waals surface area contributed by atoms with Crippen molar-refractivity contribution in [2.45, 2.75) is 76.5 Å². The third-order valence-corrected chi connectivity index (χ3v) is 8.02. The Morgan fingerprint density at radius 3 is 2.36 bits per heavy atom. The van der Waals surface area contributed by atoms with Crippen LogP contribution in [0.25, 0.3) is 0 Å². The number of rotatable bonds is 7. The number of ether oxygens (including phenoxy) is 1. The van der Waals surface area contributed by atoms with Crippen molar-refractivity contribution >= 4 is 23.4 Å². The molecule has 3 aliphatic rings. The van der Waals surface area contributed by atoms with Gasteiger partial charge in [0.2, 0.25) is 5.91 Å². The Hall–Kier alpha value is -2.64. The van der Waals surface area contributed by atoms with Gasteiger partial charge in [0.05, 0.1) is 16.5 Å². The summed E-state index contributed by atoms with van der Waals surface area (Å²) in [6.45, 7) is 6.60. The van der Waals surface area contributed by atoms with Crippen molar-refractivity contribution in [2.75, 3.05) is 6.61 Å². The third-order valence-electron chi connectivity index (χ3n) is 7.71. The number of amides is 2. The Balaban J connectivity index is 1.30. The van der Waals surface area contributed by atoms with Crippen LogP contribution in [0.3, 0.4) is 0 Å². The molecule has 3 aliphatic carbocycles. The van der Waals surface area contributed by atoms with E-state index in [1.807, 2.05) is 12.1 Å². The highest BCUT2D eigenvalue weighted by atomic mass is 35.5. The third kappa shape index (κ3) is 5.52. The first kappa shape index (κ1) is 26.4. The van der Waals surface area contributed by atoms with Gasteiger partial charge in [-0.2, -0.15) is 0 Å². The van der Waals surface area contributed by atoms with Gasteiger partial charge in [-0.3, -0.25) is 9.59 Å². The number of nitrogens with one attached hydrogen (secondary N) is 2. The van der Waals surface area contributed by atoms with Crippen molar-refractivity contribution in [1.29, 1.82) is 0 Å². The van der Waals surface area contributed by atoms with Crippen molar-refractivity contribution in [3.05, 3.63) is 64.4 Å². The summed E-state index contributed by atoms with van der Waals surface area (Å²) < 4.78 is 19.0. The van der Waals surface area contributed by atoms with E-state index in [1.54, 1.807) is 0 Å². The van der Waals surface area contributed by atoms with Crippen LogP contribution >= 0.6 is 11.6 Å². The van der Waals surface area contributed by atoms with Gasteiger partial charge in [-0.25, -0.2) is 4.39 Å². The first-order chi connectivity index (χ1) is 16.9. The maximum atomic E-state index is 13.6. The molecule has 0 radical (unpaired) electrons. The van der Waals surface area contributed by atoms with Crippen molar-refractivity contribution in [3.63, 3.8) is 0 Å². The molecule has 0 spiro atoms. The number of fused-ring (bicyclic) bond motifs is 3. The fourth-order valence-corrected chi connectivity index (χ4v) is 5.48. The van der Waals surface area contributed by atoms with E-state index in [2.05, 4.69) is 43.5 Å². The molecule has 6 nitrogen and oxygen atoms in total. The minimum Gasteiger partial charge on any atom is -0.484 e. The van der Waals surface area contributed by atoms with Gasteiger partial charge in [-0.1, -0.05) is 56.6 Å². The van der Waals surface area contributed by atoms with Crippen LogP contribution in [0.1, 0.15) is 64.0 Å². The van der Waals surface area contributed by atoms with Crippen molar-refractivity contribution in [2.24, 2.45) is 5.41 Å². The Bertz CT molecular complexity index is 1120. The van der Waals surface area contributed by atoms with Crippen LogP contribution in [0, 0.1) is 11.2 Å². The number of hydrogen-bond donors (Lipinski definition) is 3. The topological polar surface area (TPSA) is 87.7 Å². The SMILES string of the molecule is CC(C)(C)c1ccc(CNC(=O)C23CCC(NC(=O)COc4ccc(Cl)c(F)c4)(CC2)C[C@@H]3O)cc1. The minimum atomic E-state index is -0.852. The lowest BCUT2D eigenvalue weighted by atomic mass is 9.55. The predicted octanol–water partition coefficient (Wildman–Crippen LogP) is 4.65. The number of benzene rings is 2. The lowest BCUT2D eigenvalue weighted by molar-refractivity contribution is -0.156. The second-order valence-corrected chi connectivity index (χ2v) is 11.6. The highest BCUT2D eigenvalue weighted by molar-refractivity contribution is 6.30. The zero-order valence-electron chi connectivity index (χ0n) is 21.0. The molecule has 1 atom stereocenters. The summed E-state index contributed by atoms with van der Waals surface area (Å²) in [4.78, 5) is 25.8. The second kappa shape index (κ2) is 10.0. The molecule has 2 bridgehead atoms. The summed E-state index contributed by atoms with van der Waals surface area (Å²) in [7, 11) is 0. The molecule has 0 aromatic heterocycles. The average Bonchev–Trinajstić information content (AvgIpc) is 2.83. The Kier molecular flexibility index (Phi) is 7.35. The number of carbonyl (C=O) groups excluding carboxylic acids is 2. The van der Waals surface area contributed by atoms with Gasteiger partial charge in [0.15, 0.2) is 6.61 Å². The zero-order chi connectivity index (χ0) is 26.1. The number of hydrogen-bond acceptors (Lipinski definition) is 4. The molecule has 3 saturated carbocycles. The largest absolute Gasteiger partial charge is 0.484 e. The number of aliphatic hydroxyl groups excluding tert-OH is 1. The van der Waals surface area contributed by atoms with Crippen molar-refractivity contribution in [3.8, 4) is 5.75 Å². The Morgan fingerprint density at radius 1 is 1.11 bits per heavy atom. The zero-order valence-corrected chi connectivity index (χ0v) is 21.8. The average molecular weight is 517 g/mol. The van der Waals surface area contributed by atoms with E-state index in [0.29, 0.717) is 38.6 Å². The number of carbonyl (C=O) groups is 2. The molecule has 2 aromatic carbocycles. The van der Waals surface area contributed by atoms with E-state index in [4.69, 9.17) is 16.3 Å². The van der Waals surface area contributed by atoms with Crippen LogP contribution in [0.5, 0.6) is 5.75 Å². The normalized spacial score (nSPS) is 25.3. The molecule has 2 aromatic rings. The van der Waals surface area contributed by atoms with Gasteiger partial charge in [-0.05, 0) is 60.8 Å². The lowest BCUT2D eigenvalue weighted by Gasteiger charge is -2.55. The summed E-state index contributed by atoms with van der Waals surface area (Å²) in [5.74, 6) is -0.897. The molecular formula is C28H34ClFN2O4. The fraction of sp³-hybridized carbons (Fsp3) is 0.500. The predicted molar refractivity (Wildman–Crippen MR) is 136 cm³/mol. The Labute approximate surface area is 216 Å². The van der Waals surface area contributed by atoms with Gasteiger partial charge in [0, 0.05) is 18.2 Å². The highest BCUT2D eigenvalue weighted by Gasteiger charge is 2.58. The molecule has 3 N–H and O–H groups in total. The van der Waals surface area contributed by atoms with Crippen molar-refractivity contribution in [1.82, 2.24) is 10.6 Å². The van der Waals surface area contributed by atoms with Crippen molar-refractivity contribution < 1.29 is 23.8 Å². The first-order valence-corrected chi connectivity index (χ1v) is 12.7. The molecule has 0 unspecified atom stereocenters. The van der Waals surface area contributed by atoms with Gasteiger partial charge < -0.3 is 20.5 Å². The highest BCUT2D eigenvalue weighted by Crippen LogP contribution is 2.52. The number of aliphatic hydroxyl groups is 1. The maximum Gasteiger partial charge on any atom is 0.258 e. The van der Waals surface area contributed by atoms with Gasteiger partial charge >= 0.3 is 0 Å². The fourth-order valence-electron chi connectivity index (χ4n) is 5.36. The van der Waals surface area contributed by atoms with E-state index in [-0.39, 0.29) is 34.6 Å². The van der Waals surface area contributed by atoms with Gasteiger partial charge in [0.25, 0.3) is 5.91 Å². The van der Waals surface area contributed by atoms with Crippen LogP contribution in [-0.2, 0) is 21.5 Å². The summed E-state index contributed by atoms with van der Waals surface area (Å²) in [6, 6.07) is 12.2. The van der Waals surface area contributed by atoms with Gasteiger partial charge in [-0.15, -0.1) is 0 Å². The van der Waals surface area contributed by atoms with Crippen LogP contribution in [0.4, 0.5) is 4.39 Å². The standard InChI is InChI=1S/C28H34ClFN2O4/c1-26(2,3)19-6-4-18(5-7-19)16-31-25(35)28-12-10-27(11-13-28,15-23(28)33)32-24(34)17-36-20-8-9-21(29)22(30)14-20/h4-9,14,23,33H,10-13,15-17H2,1-3H3,(H,31,35)(H,32,34)/t23-,27?,28?/m0/s1. The monoisotopic (exact) mass is 516 g/mol. The smallest absolute Gasteiger partial charge is 0.258 e. The molecule has 8 heteroatoms. The van der Waals surface area contributed by atoms with E-state index in [0.717, 1.165) is 11.6 Å². The second-order valence-electron chi connectivity index (χ2n) is 11.2. The van der Waals surface area contributed by atoms with Crippen LogP contribution in [-0.4, -0.2) is 35.2 Å². The van der Waals surface area contributed by atoms with Gasteiger partial charge in [0.1, 0.15) is 11.6 Å². The minimum absolute atomic E-state index is 0.0185. The van der Waals surface area contributed by atoms with Crippen LogP contribution in [0.2, 0.25) is 5.02 Å². The molecule has 0 saturated heterocycles.